The highest BCUT2D eigenvalue weighted by Gasteiger charge is 2.34. The quantitative estimate of drug-likeness (QED) is 0.200. The predicted molar refractivity (Wildman–Crippen MR) is 164 cm³/mol. The lowest BCUT2D eigenvalue weighted by atomic mass is 9.96. The molecule has 0 saturated carbocycles. The van der Waals surface area contributed by atoms with Crippen LogP contribution in [-0.4, -0.2) is 17.1 Å². The zero-order chi connectivity index (χ0) is 29.3. The van der Waals surface area contributed by atoms with Gasteiger partial charge >= 0.3 is 5.97 Å². The number of esters is 1. The van der Waals surface area contributed by atoms with Crippen molar-refractivity contribution in [1.82, 2.24) is 4.57 Å². The molecular formula is C30H22Br2ClFN2O4S. The average Bonchev–Trinajstić information content (AvgIpc) is 3.23. The molecule has 0 N–H and O–H groups in total. The number of nitrogens with zero attached hydrogens (tertiary/aromatic N) is 2. The van der Waals surface area contributed by atoms with Crippen LogP contribution in [0.4, 0.5) is 4.39 Å². The second-order valence-corrected chi connectivity index (χ2v) is 12.2. The Labute approximate surface area is 260 Å². The first-order chi connectivity index (χ1) is 19.7. The predicted octanol–water partition coefficient (Wildman–Crippen LogP) is 6.69. The molecule has 1 aliphatic heterocycles. The van der Waals surface area contributed by atoms with Crippen LogP contribution < -0.4 is 19.6 Å². The summed E-state index contributed by atoms with van der Waals surface area (Å²) in [5, 5.41) is 0.413. The van der Waals surface area contributed by atoms with Crippen molar-refractivity contribution in [1.29, 1.82) is 0 Å². The van der Waals surface area contributed by atoms with E-state index in [0.29, 0.717) is 41.4 Å². The maximum Gasteiger partial charge on any atom is 0.338 e. The van der Waals surface area contributed by atoms with Crippen LogP contribution >= 0.6 is 54.8 Å². The SMILES string of the molecule is CCOC(=O)C1=C(C)N=c2s/c(=C\c3cc(Br)cc(Br)c3OCc3ccc(F)cc3)c(=O)n2[C@H]1c1ccccc1Cl. The van der Waals surface area contributed by atoms with Crippen molar-refractivity contribution >= 4 is 66.8 Å². The number of hydrogen-bond acceptors (Lipinski definition) is 6. The summed E-state index contributed by atoms with van der Waals surface area (Å²) in [6.45, 7) is 3.81. The number of ether oxygens (including phenoxy) is 2. The first-order valence-corrected chi connectivity index (χ1v) is 15.3. The zero-order valence-electron chi connectivity index (χ0n) is 21.8. The molecule has 0 saturated heterocycles. The van der Waals surface area contributed by atoms with Gasteiger partial charge in [-0.2, -0.15) is 0 Å². The van der Waals surface area contributed by atoms with Gasteiger partial charge in [0.15, 0.2) is 4.80 Å². The average molecular weight is 721 g/mol. The van der Waals surface area contributed by atoms with E-state index in [0.717, 1.165) is 10.0 Å². The Morgan fingerprint density at radius 3 is 2.61 bits per heavy atom. The molecule has 1 atom stereocenters. The van der Waals surface area contributed by atoms with Crippen molar-refractivity contribution in [2.75, 3.05) is 6.61 Å². The molecule has 0 fully saturated rings. The van der Waals surface area contributed by atoms with Gasteiger partial charge in [-0.05, 0) is 77.3 Å². The lowest BCUT2D eigenvalue weighted by molar-refractivity contribution is -0.139. The van der Waals surface area contributed by atoms with Crippen LogP contribution in [-0.2, 0) is 16.1 Å². The van der Waals surface area contributed by atoms with Gasteiger partial charge in [-0.3, -0.25) is 9.36 Å². The monoisotopic (exact) mass is 718 g/mol. The van der Waals surface area contributed by atoms with E-state index in [2.05, 4.69) is 36.9 Å². The molecule has 5 rings (SSSR count). The summed E-state index contributed by atoms with van der Waals surface area (Å²) in [5.41, 5.74) is 2.38. The summed E-state index contributed by atoms with van der Waals surface area (Å²) in [5.74, 6) is -0.374. The Bertz CT molecular complexity index is 1870. The summed E-state index contributed by atoms with van der Waals surface area (Å²) in [7, 11) is 0. The van der Waals surface area contributed by atoms with Gasteiger partial charge in [-0.1, -0.05) is 69.2 Å². The highest BCUT2D eigenvalue weighted by molar-refractivity contribution is 9.11. The van der Waals surface area contributed by atoms with Crippen LogP contribution in [0.1, 0.15) is 36.6 Å². The van der Waals surface area contributed by atoms with E-state index in [1.807, 2.05) is 12.1 Å². The van der Waals surface area contributed by atoms with E-state index in [9.17, 15) is 14.0 Å². The summed E-state index contributed by atoms with van der Waals surface area (Å²) in [4.78, 5) is 32.1. The Morgan fingerprint density at radius 2 is 1.90 bits per heavy atom. The highest BCUT2D eigenvalue weighted by Crippen LogP contribution is 2.36. The third kappa shape index (κ3) is 6.11. The molecule has 0 bridgehead atoms. The van der Waals surface area contributed by atoms with E-state index < -0.39 is 12.0 Å². The minimum atomic E-state index is -0.815. The molecule has 1 aromatic heterocycles. The van der Waals surface area contributed by atoms with Gasteiger partial charge in [0.1, 0.15) is 24.2 Å². The minimum absolute atomic E-state index is 0.174. The van der Waals surface area contributed by atoms with Gasteiger partial charge in [0.05, 0.1) is 26.9 Å². The number of aromatic nitrogens is 1. The Balaban J connectivity index is 1.65. The Morgan fingerprint density at radius 1 is 1.17 bits per heavy atom. The molecule has 1 aliphatic rings. The van der Waals surface area contributed by atoms with Crippen molar-refractivity contribution in [2.24, 2.45) is 4.99 Å². The van der Waals surface area contributed by atoms with E-state index in [1.165, 1.54) is 28.0 Å². The molecule has 11 heteroatoms. The molecule has 210 valence electrons. The summed E-state index contributed by atoms with van der Waals surface area (Å²) in [6, 6.07) is 16.0. The fourth-order valence-corrected chi connectivity index (χ4v) is 7.15. The van der Waals surface area contributed by atoms with Crippen LogP contribution in [0.5, 0.6) is 5.75 Å². The molecule has 0 amide bonds. The third-order valence-electron chi connectivity index (χ3n) is 6.34. The number of hydrogen-bond donors (Lipinski definition) is 0. The summed E-state index contributed by atoms with van der Waals surface area (Å²) >= 11 is 14.9. The lowest BCUT2D eigenvalue weighted by Crippen LogP contribution is -2.40. The summed E-state index contributed by atoms with van der Waals surface area (Å²) < 4.78 is 28.1. The van der Waals surface area contributed by atoms with E-state index in [1.54, 1.807) is 56.3 Å². The largest absolute Gasteiger partial charge is 0.487 e. The lowest BCUT2D eigenvalue weighted by Gasteiger charge is -2.25. The van der Waals surface area contributed by atoms with Crippen LogP contribution in [0.3, 0.4) is 0 Å². The Hall–Kier alpha value is -3.05. The maximum atomic E-state index is 14.0. The molecule has 0 unspecified atom stereocenters. The summed E-state index contributed by atoms with van der Waals surface area (Å²) in [6.07, 6.45) is 1.73. The van der Waals surface area contributed by atoms with Crippen molar-refractivity contribution in [3.05, 3.63) is 128 Å². The van der Waals surface area contributed by atoms with Gasteiger partial charge in [0.2, 0.25) is 0 Å². The molecule has 0 radical (unpaired) electrons. The number of thiazole rings is 1. The van der Waals surface area contributed by atoms with E-state index in [4.69, 9.17) is 21.1 Å². The number of carbonyl (C=O) groups is 1. The molecule has 0 spiro atoms. The smallest absolute Gasteiger partial charge is 0.338 e. The van der Waals surface area contributed by atoms with Gasteiger partial charge in [-0.25, -0.2) is 14.2 Å². The van der Waals surface area contributed by atoms with Gasteiger partial charge in [0, 0.05) is 15.1 Å². The first kappa shape index (κ1) is 29.4. The second kappa shape index (κ2) is 12.4. The number of benzene rings is 3. The van der Waals surface area contributed by atoms with E-state index >= 15 is 0 Å². The molecular weight excluding hydrogens is 699 g/mol. The molecule has 2 heterocycles. The van der Waals surface area contributed by atoms with Crippen molar-refractivity contribution < 1.29 is 18.7 Å². The fraction of sp³-hybridized carbons (Fsp3) is 0.167. The molecule has 6 nitrogen and oxygen atoms in total. The highest BCUT2D eigenvalue weighted by atomic mass is 79.9. The number of rotatable bonds is 7. The van der Waals surface area contributed by atoms with Crippen LogP contribution in [0.15, 0.2) is 90.7 Å². The van der Waals surface area contributed by atoms with Crippen molar-refractivity contribution in [3.63, 3.8) is 0 Å². The van der Waals surface area contributed by atoms with Crippen LogP contribution in [0, 0.1) is 5.82 Å². The number of carbonyl (C=O) groups excluding carboxylic acids is 1. The first-order valence-electron chi connectivity index (χ1n) is 12.5. The molecule has 41 heavy (non-hydrogen) atoms. The normalized spacial score (nSPS) is 15.0. The maximum absolute atomic E-state index is 14.0. The van der Waals surface area contributed by atoms with Crippen LogP contribution in [0.2, 0.25) is 5.02 Å². The van der Waals surface area contributed by atoms with Crippen molar-refractivity contribution in [3.8, 4) is 5.75 Å². The molecule has 0 aliphatic carbocycles. The van der Waals surface area contributed by atoms with Gasteiger partial charge in [0.25, 0.3) is 5.56 Å². The third-order valence-corrected chi connectivity index (χ3v) is 8.71. The van der Waals surface area contributed by atoms with Crippen molar-refractivity contribution in [2.45, 2.75) is 26.5 Å². The number of halogens is 4. The zero-order valence-corrected chi connectivity index (χ0v) is 26.5. The molecule has 3 aromatic carbocycles. The standard InChI is InChI=1S/C30H22Br2ClFN2O4S/c1-3-39-29(38)25-16(2)35-30-36(26(25)21-6-4-5-7-23(21)33)28(37)24(41-30)13-18-12-19(31)14-22(32)27(18)40-15-17-8-10-20(34)11-9-17/h4-14,26H,3,15H2,1-2H3/b24-13-/t26-/m0/s1. The topological polar surface area (TPSA) is 69.9 Å². The van der Waals surface area contributed by atoms with Gasteiger partial charge < -0.3 is 9.47 Å². The molecule has 4 aromatic rings. The minimum Gasteiger partial charge on any atom is -0.487 e. The van der Waals surface area contributed by atoms with Crippen LogP contribution in [0.25, 0.3) is 6.08 Å². The Kier molecular flexibility index (Phi) is 8.94. The van der Waals surface area contributed by atoms with E-state index in [-0.39, 0.29) is 30.2 Å². The number of fused-ring (bicyclic) bond motifs is 1. The second-order valence-electron chi connectivity index (χ2n) is 9.04. The number of allylic oxidation sites excluding steroid dienone is 1. The fourth-order valence-electron chi connectivity index (χ4n) is 4.50. The van der Waals surface area contributed by atoms with Gasteiger partial charge in [-0.15, -0.1) is 0 Å².